The first kappa shape index (κ1) is 13.1. The maximum Gasteiger partial charge on any atom is 0.159 e. The molecule has 2 nitrogen and oxygen atoms in total. The molecule has 0 radical (unpaired) electrons. The fourth-order valence-electron chi connectivity index (χ4n) is 1.91. The van der Waals surface area contributed by atoms with Crippen LogP contribution in [0.5, 0.6) is 0 Å². The van der Waals surface area contributed by atoms with Crippen LogP contribution in [0, 0.1) is 11.6 Å². The summed E-state index contributed by atoms with van der Waals surface area (Å²) < 4.78 is 26.2. The third kappa shape index (κ3) is 2.43. The van der Waals surface area contributed by atoms with Gasteiger partial charge in [0.05, 0.1) is 6.04 Å². The van der Waals surface area contributed by atoms with E-state index in [1.807, 2.05) is 18.4 Å². The van der Waals surface area contributed by atoms with Gasteiger partial charge in [0.2, 0.25) is 0 Å². The summed E-state index contributed by atoms with van der Waals surface area (Å²) in [6, 6.07) is 5.55. The molecule has 96 valence electrons. The van der Waals surface area contributed by atoms with Crippen molar-refractivity contribution in [2.24, 2.45) is 5.84 Å². The van der Waals surface area contributed by atoms with E-state index in [1.165, 1.54) is 6.07 Å². The number of hydrogen-bond acceptors (Lipinski definition) is 3. The second kappa shape index (κ2) is 5.56. The first-order valence-electron chi connectivity index (χ1n) is 5.64. The lowest BCUT2D eigenvalue weighted by atomic mass is 10.0. The molecule has 1 heterocycles. The number of nitrogens with one attached hydrogen (secondary N) is 1. The van der Waals surface area contributed by atoms with Crippen LogP contribution >= 0.6 is 11.3 Å². The molecule has 0 amide bonds. The molecular formula is C13H14F2N2S. The van der Waals surface area contributed by atoms with Crippen LogP contribution in [-0.4, -0.2) is 0 Å². The third-order valence-corrected chi connectivity index (χ3v) is 3.89. The molecule has 0 aliphatic heterocycles. The number of benzene rings is 1. The number of thiophene rings is 1. The molecule has 1 unspecified atom stereocenters. The average Bonchev–Trinajstić information content (AvgIpc) is 2.83. The molecule has 0 aliphatic carbocycles. The number of hydrogen-bond donors (Lipinski definition) is 2. The summed E-state index contributed by atoms with van der Waals surface area (Å²) in [5, 5.41) is 1.97. The topological polar surface area (TPSA) is 38.0 Å². The highest BCUT2D eigenvalue weighted by atomic mass is 32.1. The minimum Gasteiger partial charge on any atom is -0.271 e. The Labute approximate surface area is 108 Å². The van der Waals surface area contributed by atoms with Crippen LogP contribution in [-0.2, 0) is 6.42 Å². The van der Waals surface area contributed by atoms with E-state index >= 15 is 0 Å². The second-order valence-corrected chi connectivity index (χ2v) is 4.88. The molecular weight excluding hydrogens is 254 g/mol. The van der Waals surface area contributed by atoms with E-state index in [9.17, 15) is 8.78 Å². The van der Waals surface area contributed by atoms with Crippen LogP contribution in [0.4, 0.5) is 8.78 Å². The Kier molecular flexibility index (Phi) is 4.06. The fourth-order valence-corrected chi connectivity index (χ4v) is 2.99. The van der Waals surface area contributed by atoms with Gasteiger partial charge in [-0.2, -0.15) is 0 Å². The van der Waals surface area contributed by atoms with E-state index < -0.39 is 11.6 Å². The first-order chi connectivity index (χ1) is 8.67. The molecule has 3 N–H and O–H groups in total. The summed E-state index contributed by atoms with van der Waals surface area (Å²) in [4.78, 5) is 1.03. The molecule has 2 aromatic rings. The van der Waals surface area contributed by atoms with E-state index in [1.54, 1.807) is 17.4 Å². The van der Waals surface area contributed by atoms with E-state index in [0.717, 1.165) is 22.9 Å². The normalized spacial score (nSPS) is 12.7. The highest BCUT2D eigenvalue weighted by Gasteiger charge is 2.18. The van der Waals surface area contributed by atoms with Crippen LogP contribution < -0.4 is 11.3 Å². The van der Waals surface area contributed by atoms with Crippen molar-refractivity contribution in [3.63, 3.8) is 0 Å². The Morgan fingerprint density at radius 2 is 2.06 bits per heavy atom. The predicted molar refractivity (Wildman–Crippen MR) is 69.2 cm³/mol. The van der Waals surface area contributed by atoms with E-state index in [-0.39, 0.29) is 6.04 Å². The maximum absolute atomic E-state index is 13.3. The molecule has 0 spiro atoms. The van der Waals surface area contributed by atoms with Crippen LogP contribution in [0.1, 0.15) is 29.0 Å². The van der Waals surface area contributed by atoms with Gasteiger partial charge in [-0.05, 0) is 41.1 Å². The minimum absolute atomic E-state index is 0.310. The van der Waals surface area contributed by atoms with E-state index in [4.69, 9.17) is 5.84 Å². The zero-order valence-corrected chi connectivity index (χ0v) is 10.7. The summed E-state index contributed by atoms with van der Waals surface area (Å²) in [7, 11) is 0. The molecule has 1 atom stereocenters. The summed E-state index contributed by atoms with van der Waals surface area (Å²) >= 11 is 1.55. The van der Waals surface area contributed by atoms with Crippen molar-refractivity contribution in [2.75, 3.05) is 0 Å². The fraction of sp³-hybridized carbons (Fsp3) is 0.231. The monoisotopic (exact) mass is 268 g/mol. The molecule has 18 heavy (non-hydrogen) atoms. The summed E-state index contributed by atoms with van der Waals surface area (Å²) in [5.74, 6) is 3.84. The van der Waals surface area contributed by atoms with Gasteiger partial charge in [0, 0.05) is 4.88 Å². The lowest BCUT2D eigenvalue weighted by molar-refractivity contribution is 0.504. The minimum atomic E-state index is -0.859. The van der Waals surface area contributed by atoms with Gasteiger partial charge in [0.25, 0.3) is 0 Å². The van der Waals surface area contributed by atoms with Crippen LogP contribution in [0.15, 0.2) is 29.6 Å². The molecule has 0 saturated heterocycles. The molecule has 2 rings (SSSR count). The van der Waals surface area contributed by atoms with Gasteiger partial charge in [-0.25, -0.2) is 14.2 Å². The van der Waals surface area contributed by atoms with Crippen LogP contribution in [0.2, 0.25) is 0 Å². The smallest absolute Gasteiger partial charge is 0.159 e. The number of hydrazine groups is 1. The Morgan fingerprint density at radius 3 is 2.67 bits per heavy atom. The number of aryl methyl sites for hydroxylation is 1. The Balaban J connectivity index is 2.42. The molecule has 5 heteroatoms. The third-order valence-electron chi connectivity index (χ3n) is 2.87. The van der Waals surface area contributed by atoms with Crippen LogP contribution in [0.3, 0.4) is 0 Å². The highest BCUT2D eigenvalue weighted by Crippen LogP contribution is 2.30. The average molecular weight is 268 g/mol. The summed E-state index contributed by atoms with van der Waals surface area (Å²) in [5.41, 5.74) is 4.44. The van der Waals surface area contributed by atoms with Gasteiger partial charge < -0.3 is 0 Å². The summed E-state index contributed by atoms with van der Waals surface area (Å²) in [6.45, 7) is 2.05. The molecule has 0 saturated carbocycles. The van der Waals surface area contributed by atoms with Gasteiger partial charge in [-0.15, -0.1) is 11.3 Å². The first-order valence-corrected chi connectivity index (χ1v) is 6.52. The van der Waals surface area contributed by atoms with Crippen molar-refractivity contribution >= 4 is 11.3 Å². The van der Waals surface area contributed by atoms with Crippen molar-refractivity contribution in [2.45, 2.75) is 19.4 Å². The zero-order chi connectivity index (χ0) is 13.1. The number of halogens is 2. The van der Waals surface area contributed by atoms with E-state index in [0.29, 0.717) is 5.56 Å². The van der Waals surface area contributed by atoms with Gasteiger partial charge >= 0.3 is 0 Å². The number of nitrogens with two attached hydrogens (primary N) is 1. The quantitative estimate of drug-likeness (QED) is 0.660. The molecule has 0 aliphatic rings. The number of rotatable bonds is 4. The van der Waals surface area contributed by atoms with Crippen molar-refractivity contribution in [3.8, 4) is 0 Å². The standard InChI is InChI=1S/C13H14F2N2S/c1-2-8-5-6-18-13(8)12(17-16)9-3-4-10(14)11(15)7-9/h3-7,12,17H,2,16H2,1H3. The predicted octanol–water partition coefficient (Wildman–Crippen LogP) is 3.14. The SMILES string of the molecule is CCc1ccsc1C(NN)c1ccc(F)c(F)c1. The lowest BCUT2D eigenvalue weighted by Gasteiger charge is -2.17. The van der Waals surface area contributed by atoms with Crippen molar-refractivity contribution in [1.29, 1.82) is 0 Å². The lowest BCUT2D eigenvalue weighted by Crippen LogP contribution is -2.29. The maximum atomic E-state index is 13.3. The van der Waals surface area contributed by atoms with E-state index in [2.05, 4.69) is 5.43 Å². The van der Waals surface area contributed by atoms with Crippen LogP contribution in [0.25, 0.3) is 0 Å². The Morgan fingerprint density at radius 1 is 1.28 bits per heavy atom. The van der Waals surface area contributed by atoms with Crippen molar-refractivity contribution < 1.29 is 8.78 Å². The van der Waals surface area contributed by atoms with Crippen molar-refractivity contribution in [1.82, 2.24) is 5.43 Å². The zero-order valence-electron chi connectivity index (χ0n) is 9.91. The van der Waals surface area contributed by atoms with Gasteiger partial charge in [-0.3, -0.25) is 5.84 Å². The molecule has 1 aromatic carbocycles. The Bertz CT molecular complexity index is 540. The largest absolute Gasteiger partial charge is 0.271 e. The van der Waals surface area contributed by atoms with Gasteiger partial charge in [0.1, 0.15) is 0 Å². The van der Waals surface area contributed by atoms with Gasteiger partial charge in [-0.1, -0.05) is 13.0 Å². The highest BCUT2D eigenvalue weighted by molar-refractivity contribution is 7.10. The summed E-state index contributed by atoms with van der Waals surface area (Å²) in [6.07, 6.45) is 0.876. The molecule has 0 fully saturated rings. The molecule has 1 aromatic heterocycles. The van der Waals surface area contributed by atoms with Gasteiger partial charge in [0.15, 0.2) is 11.6 Å². The molecule has 0 bridgehead atoms. The van der Waals surface area contributed by atoms with Crippen molar-refractivity contribution in [3.05, 3.63) is 57.3 Å². The Hall–Kier alpha value is -1.30. The second-order valence-electron chi connectivity index (χ2n) is 3.94.